The molecule has 0 bridgehead atoms. The molecular formula is C18H18N2O4. The quantitative estimate of drug-likeness (QED) is 0.910. The number of benzene rings is 1. The molecule has 0 radical (unpaired) electrons. The Balaban J connectivity index is 2.22. The van der Waals surface area contributed by atoms with E-state index in [2.05, 4.69) is 6.07 Å². The summed E-state index contributed by atoms with van der Waals surface area (Å²) in [5, 5.41) is 20.0. The summed E-state index contributed by atoms with van der Waals surface area (Å²) < 4.78 is 12.4. The molecule has 2 aromatic rings. The van der Waals surface area contributed by atoms with Crippen LogP contribution >= 0.6 is 0 Å². The monoisotopic (exact) mass is 326 g/mol. The number of hydrogen-bond donors (Lipinski definition) is 1. The Kier molecular flexibility index (Phi) is 3.82. The van der Waals surface area contributed by atoms with Gasteiger partial charge in [0.2, 0.25) is 0 Å². The third kappa shape index (κ3) is 2.53. The molecule has 2 atom stereocenters. The standard InChI is InChI=1S/C18H18N2O4/c1-18(2)17(22)16(20-7-6-12(23-3)9-15(20)21)13-8-11(10-19)4-5-14(13)24-18/h4-9,16-17,22H,1-3H3/t16-,17+/m1/s1. The van der Waals surface area contributed by atoms with E-state index in [1.807, 2.05) is 0 Å². The molecule has 2 heterocycles. The van der Waals surface area contributed by atoms with Crippen LogP contribution in [0.4, 0.5) is 0 Å². The van der Waals surface area contributed by atoms with Crippen LogP contribution in [0.5, 0.6) is 11.5 Å². The zero-order chi connectivity index (χ0) is 17.5. The SMILES string of the molecule is COc1ccn([C@@H]2c3cc(C#N)ccc3OC(C)(C)[C@H]2O)c(=O)c1. The highest BCUT2D eigenvalue weighted by Crippen LogP contribution is 2.41. The Bertz CT molecular complexity index is 879. The van der Waals surface area contributed by atoms with Crippen LogP contribution in [0.2, 0.25) is 0 Å². The summed E-state index contributed by atoms with van der Waals surface area (Å²) >= 11 is 0. The lowest BCUT2D eigenvalue weighted by Crippen LogP contribution is -2.52. The number of nitrogens with zero attached hydrogens (tertiary/aromatic N) is 2. The number of rotatable bonds is 2. The fourth-order valence-corrected chi connectivity index (χ4v) is 2.97. The number of aromatic nitrogens is 1. The van der Waals surface area contributed by atoms with Crippen LogP contribution in [-0.4, -0.2) is 28.5 Å². The van der Waals surface area contributed by atoms with Gasteiger partial charge in [-0.3, -0.25) is 4.79 Å². The lowest BCUT2D eigenvalue weighted by molar-refractivity contribution is -0.0643. The molecule has 0 aliphatic carbocycles. The lowest BCUT2D eigenvalue weighted by atomic mass is 9.85. The van der Waals surface area contributed by atoms with Gasteiger partial charge < -0.3 is 19.1 Å². The van der Waals surface area contributed by atoms with E-state index in [1.54, 1.807) is 44.3 Å². The lowest BCUT2D eigenvalue weighted by Gasteiger charge is -2.42. The maximum Gasteiger partial charge on any atom is 0.254 e. The van der Waals surface area contributed by atoms with Gasteiger partial charge in [0.1, 0.15) is 23.2 Å². The number of fused-ring (bicyclic) bond motifs is 1. The molecular weight excluding hydrogens is 308 g/mol. The van der Waals surface area contributed by atoms with Gasteiger partial charge in [0, 0.05) is 17.8 Å². The number of ether oxygens (including phenoxy) is 2. The van der Waals surface area contributed by atoms with E-state index < -0.39 is 17.7 Å². The summed E-state index contributed by atoms with van der Waals surface area (Å²) in [6, 6.07) is 9.44. The molecule has 0 saturated heterocycles. The summed E-state index contributed by atoms with van der Waals surface area (Å²) in [6.45, 7) is 3.53. The maximum absolute atomic E-state index is 12.5. The first-order valence-corrected chi connectivity index (χ1v) is 7.54. The molecule has 0 unspecified atom stereocenters. The summed E-state index contributed by atoms with van der Waals surface area (Å²) in [6.07, 6.45) is 0.615. The van der Waals surface area contributed by atoms with Gasteiger partial charge in [0.15, 0.2) is 0 Å². The molecule has 6 heteroatoms. The molecule has 0 amide bonds. The van der Waals surface area contributed by atoms with Crippen LogP contribution in [0.3, 0.4) is 0 Å². The predicted octanol–water partition coefficient (Wildman–Crippen LogP) is 1.85. The van der Waals surface area contributed by atoms with Gasteiger partial charge in [-0.05, 0) is 38.1 Å². The Morgan fingerprint density at radius 3 is 2.71 bits per heavy atom. The van der Waals surface area contributed by atoms with E-state index in [9.17, 15) is 9.90 Å². The summed E-state index contributed by atoms with van der Waals surface area (Å²) in [5.74, 6) is 1.00. The molecule has 1 aliphatic rings. The van der Waals surface area contributed by atoms with Crippen LogP contribution < -0.4 is 15.0 Å². The second kappa shape index (κ2) is 5.69. The third-order valence-electron chi connectivity index (χ3n) is 4.30. The average molecular weight is 326 g/mol. The first-order valence-electron chi connectivity index (χ1n) is 7.54. The number of aliphatic hydroxyl groups is 1. The van der Waals surface area contributed by atoms with Crippen molar-refractivity contribution in [2.24, 2.45) is 0 Å². The zero-order valence-electron chi connectivity index (χ0n) is 13.7. The van der Waals surface area contributed by atoms with Gasteiger partial charge in [-0.25, -0.2) is 0 Å². The van der Waals surface area contributed by atoms with E-state index in [0.717, 1.165) is 0 Å². The fraction of sp³-hybridized carbons (Fsp3) is 0.333. The predicted molar refractivity (Wildman–Crippen MR) is 87.3 cm³/mol. The molecule has 1 aromatic carbocycles. The third-order valence-corrected chi connectivity index (χ3v) is 4.30. The largest absolute Gasteiger partial charge is 0.497 e. The average Bonchev–Trinajstić information content (AvgIpc) is 2.56. The minimum Gasteiger partial charge on any atom is -0.497 e. The summed E-state index contributed by atoms with van der Waals surface area (Å²) in [5.41, 5.74) is -0.140. The van der Waals surface area contributed by atoms with Crippen molar-refractivity contribution in [2.75, 3.05) is 7.11 Å². The molecule has 0 fully saturated rings. The molecule has 124 valence electrons. The van der Waals surface area contributed by atoms with Gasteiger partial charge in [0.25, 0.3) is 5.56 Å². The van der Waals surface area contributed by atoms with Crippen molar-refractivity contribution in [3.63, 3.8) is 0 Å². The second-order valence-electron chi connectivity index (χ2n) is 6.27. The van der Waals surface area contributed by atoms with Crippen LogP contribution in [0.1, 0.15) is 31.0 Å². The number of methoxy groups -OCH3 is 1. The molecule has 1 aromatic heterocycles. The Hall–Kier alpha value is -2.78. The van der Waals surface area contributed by atoms with Crippen molar-refractivity contribution in [3.05, 3.63) is 58.0 Å². The molecule has 0 spiro atoms. The van der Waals surface area contributed by atoms with Crippen LogP contribution in [0.15, 0.2) is 41.3 Å². The Morgan fingerprint density at radius 2 is 2.08 bits per heavy atom. The molecule has 1 N–H and O–H groups in total. The zero-order valence-corrected chi connectivity index (χ0v) is 13.7. The first-order chi connectivity index (χ1) is 11.4. The molecule has 0 saturated carbocycles. The van der Waals surface area contributed by atoms with Gasteiger partial charge in [0.05, 0.1) is 24.8 Å². The van der Waals surface area contributed by atoms with E-state index in [0.29, 0.717) is 22.6 Å². The van der Waals surface area contributed by atoms with E-state index >= 15 is 0 Å². The molecule has 6 nitrogen and oxygen atoms in total. The van der Waals surface area contributed by atoms with E-state index in [-0.39, 0.29) is 5.56 Å². The summed E-state index contributed by atoms with van der Waals surface area (Å²) in [7, 11) is 1.49. The van der Waals surface area contributed by atoms with E-state index in [4.69, 9.17) is 14.7 Å². The van der Waals surface area contributed by atoms with Crippen LogP contribution in [-0.2, 0) is 0 Å². The fourth-order valence-electron chi connectivity index (χ4n) is 2.97. The number of hydrogen-bond acceptors (Lipinski definition) is 5. The summed E-state index contributed by atoms with van der Waals surface area (Å²) in [4.78, 5) is 12.5. The van der Waals surface area contributed by atoms with Crippen molar-refractivity contribution >= 4 is 0 Å². The molecule has 24 heavy (non-hydrogen) atoms. The second-order valence-corrected chi connectivity index (χ2v) is 6.27. The van der Waals surface area contributed by atoms with E-state index in [1.165, 1.54) is 17.7 Å². The van der Waals surface area contributed by atoms with Crippen molar-refractivity contribution in [1.29, 1.82) is 5.26 Å². The minimum atomic E-state index is -0.968. The first kappa shape index (κ1) is 16.1. The number of aliphatic hydroxyl groups excluding tert-OH is 1. The van der Waals surface area contributed by atoms with Crippen molar-refractivity contribution in [3.8, 4) is 17.6 Å². The highest BCUT2D eigenvalue weighted by atomic mass is 16.5. The molecule has 3 rings (SSSR count). The minimum absolute atomic E-state index is 0.301. The van der Waals surface area contributed by atoms with Crippen LogP contribution in [0.25, 0.3) is 0 Å². The van der Waals surface area contributed by atoms with Gasteiger partial charge in [-0.1, -0.05) is 0 Å². The highest BCUT2D eigenvalue weighted by molar-refractivity contribution is 5.46. The van der Waals surface area contributed by atoms with Crippen molar-refractivity contribution < 1.29 is 14.6 Å². The van der Waals surface area contributed by atoms with Crippen molar-refractivity contribution in [2.45, 2.75) is 31.6 Å². The highest BCUT2D eigenvalue weighted by Gasteiger charge is 2.44. The Morgan fingerprint density at radius 1 is 1.33 bits per heavy atom. The Labute approximate surface area is 139 Å². The van der Waals surface area contributed by atoms with Crippen LogP contribution in [0, 0.1) is 11.3 Å². The molecule has 1 aliphatic heterocycles. The number of nitriles is 1. The smallest absolute Gasteiger partial charge is 0.254 e. The topological polar surface area (TPSA) is 84.5 Å². The normalized spacial score (nSPS) is 21.3. The van der Waals surface area contributed by atoms with Gasteiger partial charge >= 0.3 is 0 Å². The van der Waals surface area contributed by atoms with Gasteiger partial charge in [-0.2, -0.15) is 5.26 Å². The van der Waals surface area contributed by atoms with Gasteiger partial charge in [-0.15, -0.1) is 0 Å². The maximum atomic E-state index is 12.5. The number of pyridine rings is 1. The van der Waals surface area contributed by atoms with Crippen molar-refractivity contribution in [1.82, 2.24) is 4.57 Å².